The summed E-state index contributed by atoms with van der Waals surface area (Å²) in [6, 6.07) is 9.67. The van der Waals surface area contributed by atoms with Crippen molar-refractivity contribution in [2.75, 3.05) is 26.4 Å². The molecule has 3 heterocycles. The monoisotopic (exact) mass is 512 g/mol. The highest BCUT2D eigenvalue weighted by atomic mass is 19.1. The number of alkyl halides is 2. The lowest BCUT2D eigenvalue weighted by Gasteiger charge is -2.31. The van der Waals surface area contributed by atoms with Gasteiger partial charge in [0, 0.05) is 26.2 Å². The van der Waals surface area contributed by atoms with E-state index in [0.29, 0.717) is 42.5 Å². The highest BCUT2D eigenvalue weighted by Crippen LogP contribution is 2.26. The van der Waals surface area contributed by atoms with E-state index in [0.717, 1.165) is 16.5 Å². The summed E-state index contributed by atoms with van der Waals surface area (Å²) >= 11 is 0. The van der Waals surface area contributed by atoms with Crippen molar-refractivity contribution in [3.63, 3.8) is 0 Å². The van der Waals surface area contributed by atoms with Gasteiger partial charge in [0.15, 0.2) is 6.10 Å². The molecule has 5 rings (SSSR count). The number of halogens is 2. The molecule has 10 nitrogen and oxygen atoms in total. The Balaban J connectivity index is 1.64. The maximum absolute atomic E-state index is 13.8. The molecule has 194 valence electrons. The van der Waals surface area contributed by atoms with Crippen molar-refractivity contribution < 1.29 is 18.3 Å². The second kappa shape index (κ2) is 10.1. The van der Waals surface area contributed by atoms with Crippen molar-refractivity contribution in [3.05, 3.63) is 62.8 Å². The van der Waals surface area contributed by atoms with Crippen LogP contribution in [0, 0.1) is 0 Å². The number of benzene rings is 2. The van der Waals surface area contributed by atoms with Crippen LogP contribution in [0.25, 0.3) is 21.9 Å². The summed E-state index contributed by atoms with van der Waals surface area (Å²) in [6.45, 7) is -1.06. The third-order valence-electron chi connectivity index (χ3n) is 6.82. The molecule has 0 unspecified atom stereocenters. The molecule has 2 aromatic carbocycles. The van der Waals surface area contributed by atoms with E-state index in [1.54, 1.807) is 39.4 Å². The first kappa shape index (κ1) is 24.6. The minimum Gasteiger partial charge on any atom is -0.485 e. The number of aromatic nitrogens is 5. The lowest BCUT2D eigenvalue weighted by Crippen LogP contribution is -2.44. The maximum atomic E-state index is 13.8. The van der Waals surface area contributed by atoms with Gasteiger partial charge < -0.3 is 9.64 Å². The van der Waals surface area contributed by atoms with Gasteiger partial charge in [-0.05, 0) is 48.7 Å². The SMILES string of the molecule is Cn1nnc2cc(Cn3c(=O)c4cc(OC(CF)CF)ccc4n(C4CCN(C=O)CC4)c3=O)ccc21. The zero-order valence-electron chi connectivity index (χ0n) is 20.2. The van der Waals surface area contributed by atoms with Gasteiger partial charge in [0.2, 0.25) is 6.41 Å². The van der Waals surface area contributed by atoms with E-state index in [2.05, 4.69) is 10.3 Å². The van der Waals surface area contributed by atoms with Gasteiger partial charge in [-0.2, -0.15) is 0 Å². The molecule has 0 atom stereocenters. The number of ether oxygens (including phenoxy) is 1. The van der Waals surface area contributed by atoms with Crippen molar-refractivity contribution in [1.82, 2.24) is 29.0 Å². The van der Waals surface area contributed by atoms with Crippen LogP contribution in [0.5, 0.6) is 5.75 Å². The van der Waals surface area contributed by atoms with Gasteiger partial charge in [-0.1, -0.05) is 11.3 Å². The molecule has 1 saturated heterocycles. The number of hydrogen-bond donors (Lipinski definition) is 0. The summed E-state index contributed by atoms with van der Waals surface area (Å²) < 4.78 is 35.9. The van der Waals surface area contributed by atoms with Crippen molar-refractivity contribution in [2.45, 2.75) is 31.5 Å². The van der Waals surface area contributed by atoms with Gasteiger partial charge in [0.1, 0.15) is 24.6 Å². The number of amides is 1. The van der Waals surface area contributed by atoms with Crippen LogP contribution in [-0.2, 0) is 18.4 Å². The van der Waals surface area contributed by atoms with Crippen LogP contribution >= 0.6 is 0 Å². The second-order valence-electron chi connectivity index (χ2n) is 9.18. The highest BCUT2D eigenvalue weighted by molar-refractivity contribution is 5.80. The molecule has 12 heteroatoms. The minimum atomic E-state index is -1.28. The molecule has 0 aliphatic carbocycles. The molecule has 0 saturated carbocycles. The minimum absolute atomic E-state index is 0.00399. The molecular formula is C25H26F2N6O4. The quantitative estimate of drug-likeness (QED) is 0.335. The summed E-state index contributed by atoms with van der Waals surface area (Å²) in [5.41, 5.74) is 1.53. The van der Waals surface area contributed by atoms with Crippen molar-refractivity contribution in [1.29, 1.82) is 0 Å². The Labute approximate surface area is 209 Å². The van der Waals surface area contributed by atoms with E-state index < -0.39 is 30.7 Å². The first-order valence-electron chi connectivity index (χ1n) is 12.0. The predicted octanol–water partition coefficient (Wildman–Crippen LogP) is 1.97. The summed E-state index contributed by atoms with van der Waals surface area (Å²) in [7, 11) is 1.77. The first-order chi connectivity index (χ1) is 17.9. The Morgan fingerprint density at radius 1 is 1.08 bits per heavy atom. The molecule has 0 spiro atoms. The third-order valence-corrected chi connectivity index (χ3v) is 6.82. The van der Waals surface area contributed by atoms with E-state index in [1.807, 2.05) is 6.07 Å². The first-order valence-corrected chi connectivity index (χ1v) is 12.0. The average molecular weight is 513 g/mol. The summed E-state index contributed by atoms with van der Waals surface area (Å²) in [4.78, 5) is 40.2. The number of fused-ring (bicyclic) bond motifs is 2. The second-order valence-corrected chi connectivity index (χ2v) is 9.18. The molecule has 0 N–H and O–H groups in total. The smallest absolute Gasteiger partial charge is 0.332 e. The third kappa shape index (κ3) is 4.58. The number of hydrogen-bond acceptors (Lipinski definition) is 6. The van der Waals surface area contributed by atoms with Crippen LogP contribution in [0.3, 0.4) is 0 Å². The Hall–Kier alpha value is -4.09. The average Bonchev–Trinajstić information content (AvgIpc) is 3.30. The van der Waals surface area contributed by atoms with Crippen molar-refractivity contribution in [3.8, 4) is 5.75 Å². The fourth-order valence-corrected chi connectivity index (χ4v) is 4.84. The van der Waals surface area contributed by atoms with E-state index in [9.17, 15) is 23.2 Å². The van der Waals surface area contributed by atoms with Crippen LogP contribution < -0.4 is 16.0 Å². The van der Waals surface area contributed by atoms with E-state index in [4.69, 9.17) is 4.74 Å². The van der Waals surface area contributed by atoms with Gasteiger partial charge in [-0.15, -0.1) is 5.10 Å². The molecule has 1 aliphatic heterocycles. The number of piperidine rings is 1. The standard InChI is InChI=1S/C25H26F2N6O4/c1-30-23-4-2-16(10-21(23)28-29-30)14-32-24(35)20-11-18(37-19(12-26)13-27)3-5-22(20)33(25(32)36)17-6-8-31(15-34)9-7-17/h2-5,10-11,15,17,19H,6-9,12-14H2,1H3. The zero-order chi connectivity index (χ0) is 26.1. The van der Waals surface area contributed by atoms with Crippen molar-refractivity contribution in [2.24, 2.45) is 7.05 Å². The van der Waals surface area contributed by atoms with E-state index in [-0.39, 0.29) is 23.7 Å². The molecular weight excluding hydrogens is 486 g/mol. The van der Waals surface area contributed by atoms with Crippen LogP contribution in [0.4, 0.5) is 8.78 Å². The van der Waals surface area contributed by atoms with Crippen LogP contribution in [-0.4, -0.2) is 68.0 Å². The zero-order valence-corrected chi connectivity index (χ0v) is 20.2. The number of rotatable bonds is 8. The number of carbonyl (C=O) groups is 1. The number of aryl methyl sites for hydroxylation is 1. The van der Waals surface area contributed by atoms with Gasteiger partial charge in [0.05, 0.1) is 23.0 Å². The topological polar surface area (TPSA) is 104 Å². The molecule has 1 amide bonds. The van der Waals surface area contributed by atoms with Crippen molar-refractivity contribution >= 4 is 28.3 Å². The number of likely N-dealkylation sites (tertiary alicyclic amines) is 1. The molecule has 1 aliphatic rings. The molecule has 1 fully saturated rings. The lowest BCUT2D eigenvalue weighted by molar-refractivity contribution is -0.119. The fourth-order valence-electron chi connectivity index (χ4n) is 4.84. The molecule has 37 heavy (non-hydrogen) atoms. The lowest BCUT2D eigenvalue weighted by atomic mass is 10.0. The normalized spacial score (nSPS) is 14.6. The van der Waals surface area contributed by atoms with Gasteiger partial charge >= 0.3 is 5.69 Å². The predicted molar refractivity (Wildman–Crippen MR) is 132 cm³/mol. The Morgan fingerprint density at radius 2 is 1.81 bits per heavy atom. The number of nitrogens with zero attached hydrogens (tertiary/aromatic N) is 6. The number of carbonyl (C=O) groups excluding carboxylic acids is 1. The van der Waals surface area contributed by atoms with E-state index >= 15 is 0 Å². The Bertz CT molecular complexity index is 1570. The molecule has 4 aromatic rings. The maximum Gasteiger partial charge on any atom is 0.332 e. The van der Waals surface area contributed by atoms with Gasteiger partial charge in [0.25, 0.3) is 5.56 Å². The summed E-state index contributed by atoms with van der Waals surface area (Å²) in [6.07, 6.45) is 0.594. The Morgan fingerprint density at radius 3 is 2.51 bits per heavy atom. The summed E-state index contributed by atoms with van der Waals surface area (Å²) in [5, 5.41) is 8.30. The van der Waals surface area contributed by atoms with E-state index in [1.165, 1.54) is 12.1 Å². The molecule has 0 radical (unpaired) electrons. The van der Waals surface area contributed by atoms with Crippen LogP contribution in [0.2, 0.25) is 0 Å². The van der Waals surface area contributed by atoms with Crippen LogP contribution in [0.15, 0.2) is 46.0 Å². The Kier molecular flexibility index (Phi) is 6.72. The largest absolute Gasteiger partial charge is 0.485 e. The summed E-state index contributed by atoms with van der Waals surface area (Å²) in [5.74, 6) is 0.137. The van der Waals surface area contributed by atoms with Gasteiger partial charge in [-0.3, -0.25) is 18.7 Å². The molecule has 0 bridgehead atoms. The highest BCUT2D eigenvalue weighted by Gasteiger charge is 2.25. The molecule has 2 aromatic heterocycles. The van der Waals surface area contributed by atoms with Crippen LogP contribution in [0.1, 0.15) is 24.4 Å². The van der Waals surface area contributed by atoms with Gasteiger partial charge in [-0.25, -0.2) is 18.3 Å². The fraction of sp³-hybridized carbons (Fsp3) is 0.400.